The number of rotatable bonds is 12. The fraction of sp³-hybridized carbons (Fsp3) is 0.129. The summed E-state index contributed by atoms with van der Waals surface area (Å²) in [6.07, 6.45) is 4.62. The quantitative estimate of drug-likeness (QED) is 0.114. The van der Waals surface area contributed by atoms with E-state index in [1.54, 1.807) is 0 Å². The molecule has 3 aromatic heterocycles. The maximum absolute atomic E-state index is 2.65. The van der Waals surface area contributed by atoms with Crippen LogP contribution in [0.1, 0.15) is 103 Å². The normalized spacial score (nSPS) is 15.0. The zero-order valence-corrected chi connectivity index (χ0v) is 74.7. The van der Waals surface area contributed by atoms with Gasteiger partial charge < -0.3 is 23.5 Å². The van der Waals surface area contributed by atoms with Crippen LogP contribution in [0.15, 0.2) is 400 Å². The van der Waals surface area contributed by atoms with Crippen LogP contribution in [0.2, 0.25) is 0 Å². The average Bonchev–Trinajstić information content (AvgIpc) is 0.881. The standard InChI is InChI=1S/C124H98BN5/c1-121(2)64-66-123(5,6)106-73-91(42-55-104(106)121)84-38-49-93(50-39-84)126-116-75-95(128-112-60-45-87(80-28-16-10-17-29-80)69-100(112)101-70-88(46-61-113(101)128)81-30-18-11-19-31-81)53-57-108(116)125-109-58-54-96(129-114-62-47-89(82-32-20-12-21-33-82)71-102(114)103-72-90(48-63-115(103)129)83-34-22-13-23-35-83)76-117(109)127(94-51-40-85(41-52-94)92-43-56-105-107(74-92)124(7,8)67-65-122(105,3)4)119-78-97(77-118(126)120(119)125)130-110-37-25-24-36-98(110)99-68-86(44-59-111(99)130)79-26-14-9-15-27-79/h9-63,68-78H,64-67H2,1-8H3. The number of para-hydroxylation sites is 1. The Bertz CT molecular complexity index is 7600. The van der Waals surface area contributed by atoms with Gasteiger partial charge in [0.2, 0.25) is 0 Å². The lowest BCUT2D eigenvalue weighted by Gasteiger charge is -2.44. The third-order valence-electron chi connectivity index (χ3n) is 30.2. The van der Waals surface area contributed by atoms with Gasteiger partial charge >= 0.3 is 0 Å². The Hall–Kier alpha value is -15.0. The van der Waals surface area contributed by atoms with Crippen LogP contribution in [0.3, 0.4) is 0 Å². The van der Waals surface area contributed by atoms with Crippen LogP contribution in [-0.2, 0) is 21.7 Å². The summed E-state index contributed by atoms with van der Waals surface area (Å²) >= 11 is 0. The summed E-state index contributed by atoms with van der Waals surface area (Å²) in [7, 11) is 0. The van der Waals surface area contributed by atoms with Gasteiger partial charge in [-0.25, -0.2) is 0 Å². The summed E-state index contributed by atoms with van der Waals surface area (Å²) in [4.78, 5) is 5.31. The van der Waals surface area contributed by atoms with Crippen LogP contribution in [0.4, 0.5) is 34.1 Å². The number of anilines is 6. The molecule has 0 N–H and O–H groups in total. The average molecular weight is 1670 g/mol. The molecule has 4 aliphatic rings. The minimum Gasteiger partial charge on any atom is -0.311 e. The number of hydrogen-bond acceptors (Lipinski definition) is 2. The van der Waals surface area contributed by atoms with Gasteiger partial charge in [0, 0.05) is 77.8 Å². The molecule has 21 aromatic rings. The van der Waals surface area contributed by atoms with E-state index in [0.717, 1.165) is 97.1 Å². The number of benzene rings is 18. The molecule has 2 aliphatic heterocycles. The first-order valence-electron chi connectivity index (χ1n) is 46.5. The second kappa shape index (κ2) is 29.3. The zero-order chi connectivity index (χ0) is 87.2. The predicted octanol–water partition coefficient (Wildman–Crippen LogP) is 31.4. The van der Waals surface area contributed by atoms with Crippen molar-refractivity contribution in [3.05, 3.63) is 423 Å². The topological polar surface area (TPSA) is 21.3 Å². The summed E-state index contributed by atoms with van der Waals surface area (Å²) in [5, 5.41) is 7.20. The Morgan fingerprint density at radius 2 is 0.431 bits per heavy atom. The van der Waals surface area contributed by atoms with Gasteiger partial charge in [-0.1, -0.05) is 328 Å². The molecule has 0 saturated carbocycles. The lowest BCUT2D eigenvalue weighted by molar-refractivity contribution is 0.332. The molecule has 0 saturated heterocycles. The van der Waals surface area contributed by atoms with Gasteiger partial charge in [-0.3, -0.25) is 0 Å². The van der Waals surface area contributed by atoms with Crippen molar-refractivity contribution in [2.75, 3.05) is 9.80 Å². The molecule has 0 bridgehead atoms. The van der Waals surface area contributed by atoms with Crippen molar-refractivity contribution in [1.82, 2.24) is 13.7 Å². The van der Waals surface area contributed by atoms with Gasteiger partial charge in [0.25, 0.3) is 6.71 Å². The van der Waals surface area contributed by atoms with Gasteiger partial charge in [0.15, 0.2) is 0 Å². The van der Waals surface area contributed by atoms with Crippen molar-refractivity contribution < 1.29 is 0 Å². The van der Waals surface area contributed by atoms with Crippen molar-refractivity contribution in [3.63, 3.8) is 0 Å². The van der Waals surface area contributed by atoms with Crippen LogP contribution in [0.25, 0.3) is 160 Å². The molecule has 0 radical (unpaired) electrons. The number of nitrogens with zero attached hydrogens (tertiary/aromatic N) is 5. The Morgan fingerprint density at radius 1 is 0.185 bits per heavy atom. The highest BCUT2D eigenvalue weighted by Gasteiger charge is 2.46. The molecule has 25 rings (SSSR count). The first-order valence-corrected chi connectivity index (χ1v) is 46.5. The predicted molar refractivity (Wildman–Crippen MR) is 552 cm³/mol. The van der Waals surface area contributed by atoms with Gasteiger partial charge in [-0.2, -0.15) is 0 Å². The molecule has 6 heteroatoms. The number of fused-ring (bicyclic) bond motifs is 15. The van der Waals surface area contributed by atoms with Gasteiger partial charge in [-0.05, 0) is 291 Å². The van der Waals surface area contributed by atoms with E-state index >= 15 is 0 Å². The first kappa shape index (κ1) is 77.4. The van der Waals surface area contributed by atoms with Gasteiger partial charge in [0.1, 0.15) is 0 Å². The molecule has 18 aromatic carbocycles. The lowest BCUT2D eigenvalue weighted by atomic mass is 9.33. The fourth-order valence-electron chi connectivity index (χ4n) is 23.0. The summed E-state index contributed by atoms with van der Waals surface area (Å²) < 4.78 is 7.66. The van der Waals surface area contributed by atoms with Gasteiger partial charge in [0.05, 0.1) is 38.8 Å². The molecule has 0 amide bonds. The van der Waals surface area contributed by atoms with E-state index in [1.165, 1.54) is 162 Å². The summed E-state index contributed by atoms with van der Waals surface area (Å²) in [5.41, 5.74) is 43.2. The van der Waals surface area contributed by atoms with Crippen molar-refractivity contribution in [2.24, 2.45) is 0 Å². The fourth-order valence-corrected chi connectivity index (χ4v) is 23.0. The minimum atomic E-state index is -0.268. The van der Waals surface area contributed by atoms with Crippen molar-refractivity contribution in [1.29, 1.82) is 0 Å². The van der Waals surface area contributed by atoms with E-state index in [2.05, 4.69) is 479 Å². The van der Waals surface area contributed by atoms with Crippen LogP contribution < -0.4 is 26.2 Å². The Labute approximate surface area is 761 Å². The Balaban J connectivity index is 0.775. The second-order valence-corrected chi connectivity index (χ2v) is 39.7. The maximum atomic E-state index is 2.65. The molecule has 5 nitrogen and oxygen atoms in total. The third kappa shape index (κ3) is 12.3. The van der Waals surface area contributed by atoms with Crippen LogP contribution in [-0.4, -0.2) is 20.4 Å². The van der Waals surface area contributed by atoms with Crippen LogP contribution in [0, 0.1) is 0 Å². The molecular formula is C124H98BN5. The molecule has 0 fully saturated rings. The lowest BCUT2D eigenvalue weighted by Crippen LogP contribution is -2.61. The largest absolute Gasteiger partial charge is 0.311 e. The van der Waals surface area contributed by atoms with E-state index in [9.17, 15) is 0 Å². The minimum absolute atomic E-state index is 0.0417. The molecule has 2 aliphatic carbocycles. The second-order valence-electron chi connectivity index (χ2n) is 39.7. The molecular weight excluding hydrogens is 1570 g/mol. The summed E-state index contributed by atoms with van der Waals surface area (Å²) in [6, 6.07) is 153. The Morgan fingerprint density at radius 3 is 0.769 bits per heavy atom. The Kier molecular flexibility index (Phi) is 17.4. The maximum Gasteiger partial charge on any atom is 0.252 e. The highest BCUT2D eigenvalue weighted by Crippen LogP contribution is 2.54. The molecule has 622 valence electrons. The van der Waals surface area contributed by atoms with Crippen molar-refractivity contribution in [3.8, 4) is 95.0 Å². The highest BCUT2D eigenvalue weighted by molar-refractivity contribution is 7.00. The first-order chi connectivity index (χ1) is 63.4. The summed E-state index contributed by atoms with van der Waals surface area (Å²) in [5.74, 6) is 0. The summed E-state index contributed by atoms with van der Waals surface area (Å²) in [6.45, 7) is 19.2. The zero-order valence-electron chi connectivity index (χ0n) is 74.7. The van der Waals surface area contributed by atoms with E-state index in [0.29, 0.717) is 0 Å². The smallest absolute Gasteiger partial charge is 0.252 e. The van der Waals surface area contributed by atoms with Gasteiger partial charge in [-0.15, -0.1) is 0 Å². The SMILES string of the molecule is CC1(C)CCC(C)(C)c2cc(-c3ccc(N4c5cc(-n6c7ccc(-c8ccccc8)cc7c7cc(-c8ccccc8)ccc76)ccc5B5c6ccc(-n7c8ccc(-c9ccccc9)cc8c8cc(-c9ccccc9)ccc87)cc6N(c6ccc(-c7ccc8c(c7)C(C)(C)CCC8(C)C)cc6)c6cc(-n7c8ccccc8c8cc(-c9ccccc9)ccc87)cc4c65)cc3)ccc21. The van der Waals surface area contributed by atoms with Crippen molar-refractivity contribution in [2.45, 2.75) is 103 Å². The molecule has 0 unspecified atom stereocenters. The number of hydrogen-bond donors (Lipinski definition) is 0. The van der Waals surface area contributed by atoms with E-state index < -0.39 is 0 Å². The molecule has 5 heterocycles. The van der Waals surface area contributed by atoms with E-state index in [1.807, 2.05) is 0 Å². The van der Waals surface area contributed by atoms with Crippen molar-refractivity contribution >= 4 is 123 Å². The third-order valence-corrected chi connectivity index (χ3v) is 30.2. The monoisotopic (exact) mass is 1670 g/mol. The molecule has 0 spiro atoms. The molecule has 0 atom stereocenters. The highest BCUT2D eigenvalue weighted by atomic mass is 15.2. The van der Waals surface area contributed by atoms with Crippen LogP contribution >= 0.6 is 0 Å². The van der Waals surface area contributed by atoms with E-state index in [-0.39, 0.29) is 28.4 Å². The van der Waals surface area contributed by atoms with Crippen LogP contribution in [0.5, 0.6) is 0 Å². The van der Waals surface area contributed by atoms with E-state index in [4.69, 9.17) is 0 Å². The number of aromatic nitrogens is 3. The molecule has 130 heavy (non-hydrogen) atoms.